The van der Waals surface area contributed by atoms with Crippen LogP contribution in [0.2, 0.25) is 0 Å². The highest BCUT2D eigenvalue weighted by Gasteiger charge is 2.25. The van der Waals surface area contributed by atoms with E-state index in [2.05, 4.69) is 86.8 Å². The first kappa shape index (κ1) is 49.9. The van der Waals surface area contributed by atoms with Crippen molar-refractivity contribution in [3.8, 4) is 0 Å². The molecule has 0 spiro atoms. The maximum Gasteiger partial charge on any atom is 0.472 e. The van der Waals surface area contributed by atoms with Gasteiger partial charge < -0.3 is 20.1 Å². The largest absolute Gasteiger partial charge is 0.472 e. The Balaban J connectivity index is 4.15. The second-order valence-corrected chi connectivity index (χ2v) is 14.6. The third-order valence-corrected chi connectivity index (χ3v) is 9.09. The SMILES string of the molecule is CC/C=C\C/C=C\C/C=C\C/C=C\CCCCCOCC(COP(=O)(O)OCCN)OC(=O)CCCCCCCCC/C=C\C/C=C\CCCCC. The van der Waals surface area contributed by atoms with Crippen LogP contribution in [-0.4, -0.2) is 49.9 Å². The number of carbonyl (C=O) groups is 1. The van der Waals surface area contributed by atoms with E-state index in [1.54, 1.807) is 0 Å². The van der Waals surface area contributed by atoms with E-state index < -0.39 is 13.9 Å². The lowest BCUT2D eigenvalue weighted by molar-refractivity contribution is -0.154. The van der Waals surface area contributed by atoms with E-state index in [1.807, 2.05) is 0 Å². The minimum atomic E-state index is -4.29. The second-order valence-electron chi connectivity index (χ2n) is 13.1. The number of hydrogen-bond donors (Lipinski definition) is 2. The average Bonchev–Trinajstić information content (AvgIpc) is 3.13. The first-order valence-corrected chi connectivity index (χ1v) is 21.9. The Kier molecular flexibility index (Phi) is 38.5. The van der Waals surface area contributed by atoms with E-state index >= 15 is 0 Å². The normalized spacial score (nSPS) is 14.3. The summed E-state index contributed by atoms with van der Waals surface area (Å²) in [7, 11) is -4.29. The molecule has 0 radical (unpaired) electrons. The van der Waals surface area contributed by atoms with Crippen molar-refractivity contribution in [3.63, 3.8) is 0 Å². The quantitative estimate of drug-likeness (QED) is 0.0277. The molecule has 300 valence electrons. The van der Waals surface area contributed by atoms with Crippen molar-refractivity contribution in [2.45, 2.75) is 161 Å². The monoisotopic (exact) mass is 750 g/mol. The van der Waals surface area contributed by atoms with Gasteiger partial charge in [0.25, 0.3) is 0 Å². The number of allylic oxidation sites excluding steroid dienone is 12. The molecule has 2 atom stereocenters. The zero-order chi connectivity index (χ0) is 38.1. The van der Waals surface area contributed by atoms with Crippen LogP contribution < -0.4 is 5.73 Å². The van der Waals surface area contributed by atoms with Crippen molar-refractivity contribution in [3.05, 3.63) is 72.9 Å². The summed E-state index contributed by atoms with van der Waals surface area (Å²) in [6.07, 6.45) is 49.2. The van der Waals surface area contributed by atoms with Crippen LogP contribution in [0.15, 0.2) is 72.9 Å². The van der Waals surface area contributed by atoms with Crippen molar-refractivity contribution in [1.82, 2.24) is 0 Å². The highest BCUT2D eigenvalue weighted by Crippen LogP contribution is 2.43. The lowest BCUT2D eigenvalue weighted by Crippen LogP contribution is -2.28. The first-order valence-electron chi connectivity index (χ1n) is 20.4. The third-order valence-electron chi connectivity index (χ3n) is 8.11. The topological polar surface area (TPSA) is 117 Å². The molecule has 0 bridgehead atoms. The van der Waals surface area contributed by atoms with E-state index in [-0.39, 0.29) is 32.3 Å². The van der Waals surface area contributed by atoms with Crippen LogP contribution in [0.4, 0.5) is 0 Å². The van der Waals surface area contributed by atoms with Crippen LogP contribution in [0.25, 0.3) is 0 Å². The summed E-state index contributed by atoms with van der Waals surface area (Å²) in [6.45, 7) is 4.67. The van der Waals surface area contributed by atoms with Gasteiger partial charge in [0.15, 0.2) is 0 Å². The molecule has 0 saturated carbocycles. The molecule has 0 aromatic rings. The summed E-state index contributed by atoms with van der Waals surface area (Å²) in [6, 6.07) is 0. The van der Waals surface area contributed by atoms with E-state index in [0.717, 1.165) is 83.5 Å². The fourth-order valence-corrected chi connectivity index (χ4v) is 5.90. The summed E-state index contributed by atoms with van der Waals surface area (Å²) < 4.78 is 33.3. The number of phosphoric acid groups is 1. The minimum absolute atomic E-state index is 0.0877. The van der Waals surface area contributed by atoms with Gasteiger partial charge in [-0.2, -0.15) is 0 Å². The van der Waals surface area contributed by atoms with E-state index in [1.165, 1.54) is 51.4 Å². The zero-order valence-electron chi connectivity index (χ0n) is 33.0. The second kappa shape index (κ2) is 40.1. The van der Waals surface area contributed by atoms with Gasteiger partial charge in [-0.05, 0) is 83.5 Å². The van der Waals surface area contributed by atoms with Gasteiger partial charge in [0, 0.05) is 19.6 Å². The Morgan fingerprint density at radius 1 is 0.596 bits per heavy atom. The number of nitrogens with two attached hydrogens (primary N) is 1. The number of ether oxygens (including phenoxy) is 2. The Morgan fingerprint density at radius 3 is 1.62 bits per heavy atom. The zero-order valence-corrected chi connectivity index (χ0v) is 33.9. The van der Waals surface area contributed by atoms with E-state index in [4.69, 9.17) is 24.3 Å². The molecule has 8 nitrogen and oxygen atoms in total. The molecular weight excluding hydrogens is 673 g/mol. The van der Waals surface area contributed by atoms with Crippen molar-refractivity contribution in [2.75, 3.05) is 33.0 Å². The van der Waals surface area contributed by atoms with Crippen LogP contribution in [0.5, 0.6) is 0 Å². The molecule has 0 fully saturated rings. The van der Waals surface area contributed by atoms with Crippen LogP contribution >= 0.6 is 7.82 Å². The van der Waals surface area contributed by atoms with Crippen LogP contribution in [-0.2, 0) is 27.9 Å². The smallest absolute Gasteiger partial charge is 0.457 e. The Hall–Kier alpha value is -2.06. The van der Waals surface area contributed by atoms with Gasteiger partial charge in [-0.25, -0.2) is 4.57 Å². The lowest BCUT2D eigenvalue weighted by atomic mass is 10.1. The van der Waals surface area contributed by atoms with Gasteiger partial charge in [-0.3, -0.25) is 13.8 Å². The summed E-state index contributed by atoms with van der Waals surface area (Å²) >= 11 is 0. The Bertz CT molecular complexity index is 1020. The molecule has 0 heterocycles. The summed E-state index contributed by atoms with van der Waals surface area (Å²) in [4.78, 5) is 22.4. The maximum absolute atomic E-state index is 12.6. The third kappa shape index (κ3) is 39.2. The highest BCUT2D eigenvalue weighted by molar-refractivity contribution is 7.47. The summed E-state index contributed by atoms with van der Waals surface area (Å²) in [5, 5.41) is 0. The highest BCUT2D eigenvalue weighted by atomic mass is 31.2. The molecule has 52 heavy (non-hydrogen) atoms. The summed E-state index contributed by atoms with van der Waals surface area (Å²) in [5.41, 5.74) is 5.36. The standard InChI is InChI=1S/C43H76NO7P/c1-3-5-7-9-11-13-15-17-19-21-22-24-26-28-30-32-34-36-43(45)51-42(41-50-52(46,47)49-39-37-44)40-48-38-35-33-31-29-27-25-23-20-18-16-14-12-10-8-6-4-2/h6,8,11-14,17-20,25,27,42H,3-5,7,9-10,15-16,21-24,26,28-41,44H2,1-2H3,(H,46,47)/b8-6-,13-11-,14-12-,19-17-,20-18-,27-25-. The number of phosphoric ester groups is 1. The molecule has 0 aromatic heterocycles. The molecule has 0 aliphatic heterocycles. The summed E-state index contributed by atoms with van der Waals surface area (Å²) in [5.74, 6) is -0.353. The van der Waals surface area contributed by atoms with Crippen molar-refractivity contribution in [1.29, 1.82) is 0 Å². The predicted octanol–water partition coefficient (Wildman–Crippen LogP) is 12.0. The molecule has 0 saturated heterocycles. The number of rotatable bonds is 38. The predicted molar refractivity (Wildman–Crippen MR) is 219 cm³/mol. The average molecular weight is 750 g/mol. The van der Waals surface area contributed by atoms with Gasteiger partial charge in [0.05, 0.1) is 19.8 Å². The molecule has 0 amide bonds. The molecule has 0 aliphatic carbocycles. The fourth-order valence-electron chi connectivity index (χ4n) is 5.13. The first-order chi connectivity index (χ1) is 25.4. The Labute approximate surface area is 318 Å². The number of carbonyl (C=O) groups excluding carboxylic acids is 1. The Morgan fingerprint density at radius 2 is 1.08 bits per heavy atom. The molecule has 0 rings (SSSR count). The van der Waals surface area contributed by atoms with Crippen LogP contribution in [0.3, 0.4) is 0 Å². The molecule has 0 aliphatic rings. The van der Waals surface area contributed by atoms with Gasteiger partial charge in [-0.1, -0.05) is 138 Å². The van der Waals surface area contributed by atoms with Gasteiger partial charge >= 0.3 is 13.8 Å². The molecular formula is C43H76NO7P. The van der Waals surface area contributed by atoms with E-state index in [0.29, 0.717) is 13.0 Å². The van der Waals surface area contributed by atoms with Gasteiger partial charge in [0.2, 0.25) is 0 Å². The number of unbranched alkanes of at least 4 members (excludes halogenated alkanes) is 13. The van der Waals surface area contributed by atoms with Gasteiger partial charge in [-0.15, -0.1) is 0 Å². The fraction of sp³-hybridized carbons (Fsp3) is 0.698. The van der Waals surface area contributed by atoms with Crippen molar-refractivity contribution < 1.29 is 32.8 Å². The minimum Gasteiger partial charge on any atom is -0.457 e. The maximum atomic E-state index is 12.6. The molecule has 2 unspecified atom stereocenters. The molecule has 0 aromatic carbocycles. The van der Waals surface area contributed by atoms with E-state index in [9.17, 15) is 14.3 Å². The number of esters is 1. The van der Waals surface area contributed by atoms with Crippen molar-refractivity contribution in [2.24, 2.45) is 5.73 Å². The van der Waals surface area contributed by atoms with Crippen LogP contribution in [0.1, 0.15) is 155 Å². The van der Waals surface area contributed by atoms with Crippen LogP contribution in [0, 0.1) is 0 Å². The lowest BCUT2D eigenvalue weighted by Gasteiger charge is -2.20. The molecule has 3 N–H and O–H groups in total. The van der Waals surface area contributed by atoms with Gasteiger partial charge in [0.1, 0.15) is 6.10 Å². The molecule has 9 heteroatoms. The number of hydrogen-bond acceptors (Lipinski definition) is 7. The van der Waals surface area contributed by atoms with Crippen molar-refractivity contribution >= 4 is 13.8 Å².